The van der Waals surface area contributed by atoms with Gasteiger partial charge in [-0.15, -0.1) is 29.8 Å². The number of rotatable bonds is 7. The minimum absolute atomic E-state index is 0. The molecule has 0 fully saturated rings. The number of hydrogen-bond donors (Lipinski definition) is 0. The van der Waals surface area contributed by atoms with Gasteiger partial charge in [0.05, 0.1) is 0 Å². The van der Waals surface area contributed by atoms with Gasteiger partial charge in [0.15, 0.2) is 11.6 Å². The molecule has 0 unspecified atom stereocenters. The van der Waals surface area contributed by atoms with E-state index in [1.54, 1.807) is 0 Å². The molecule has 0 spiro atoms. The average Bonchev–Trinajstić information content (AvgIpc) is 3.24. The zero-order valence-corrected chi connectivity index (χ0v) is 30.9. The summed E-state index contributed by atoms with van der Waals surface area (Å²) in [6.45, 7) is 0. The van der Waals surface area contributed by atoms with E-state index in [4.69, 9.17) is 19.9 Å². The van der Waals surface area contributed by atoms with E-state index in [9.17, 15) is 0 Å². The Hall–Kier alpha value is -6.39. The van der Waals surface area contributed by atoms with Crippen molar-refractivity contribution in [1.29, 1.82) is 0 Å². The van der Waals surface area contributed by atoms with Gasteiger partial charge in [-0.1, -0.05) is 151 Å². The Morgan fingerprint density at radius 2 is 0.868 bits per heavy atom. The second-order valence-electron chi connectivity index (χ2n) is 12.7. The van der Waals surface area contributed by atoms with Crippen LogP contribution in [0.15, 0.2) is 188 Å². The standard InChI is InChI=1S/C48H31N4.Ir/c1-4-15-33(16-5-1)40-28-41(34-17-6-2-7-18-34)30-42(29-40)47-50-46(51-48(52-47)44-26-13-12-25-43(44)35-19-8-3-9-20-35)38-24-14-23-37(27-38)45-31-36-21-10-11-22-39(36)32-49-45;/h1-22,24-32H;/q-1;. The van der Waals surface area contributed by atoms with E-state index in [1.807, 2.05) is 54.7 Å². The Morgan fingerprint density at radius 1 is 0.358 bits per heavy atom. The van der Waals surface area contributed by atoms with Crippen molar-refractivity contribution in [3.05, 3.63) is 194 Å². The first kappa shape index (κ1) is 33.7. The number of pyridine rings is 1. The quantitative estimate of drug-likeness (QED) is 0.150. The third-order valence-electron chi connectivity index (χ3n) is 9.26. The van der Waals surface area contributed by atoms with Crippen LogP contribution >= 0.6 is 0 Å². The van der Waals surface area contributed by atoms with Crippen LogP contribution in [0, 0.1) is 6.07 Å². The van der Waals surface area contributed by atoms with Crippen molar-refractivity contribution in [2.24, 2.45) is 0 Å². The Balaban J connectivity index is 0.00000400. The molecule has 4 nitrogen and oxygen atoms in total. The molecule has 0 bridgehead atoms. The van der Waals surface area contributed by atoms with Gasteiger partial charge >= 0.3 is 0 Å². The topological polar surface area (TPSA) is 51.6 Å². The number of benzene rings is 7. The maximum absolute atomic E-state index is 5.23. The van der Waals surface area contributed by atoms with Crippen LogP contribution in [-0.4, -0.2) is 19.9 Å². The fraction of sp³-hybridized carbons (Fsp3) is 0. The maximum atomic E-state index is 5.23. The second-order valence-corrected chi connectivity index (χ2v) is 12.7. The van der Waals surface area contributed by atoms with Gasteiger partial charge in [-0.3, -0.25) is 0 Å². The summed E-state index contributed by atoms with van der Waals surface area (Å²) >= 11 is 0. The fourth-order valence-electron chi connectivity index (χ4n) is 6.64. The zero-order valence-electron chi connectivity index (χ0n) is 28.5. The summed E-state index contributed by atoms with van der Waals surface area (Å²) in [6, 6.07) is 65.9. The van der Waals surface area contributed by atoms with Gasteiger partial charge < -0.3 is 4.98 Å². The van der Waals surface area contributed by atoms with E-state index in [1.165, 1.54) is 0 Å². The normalized spacial score (nSPS) is 10.9. The molecule has 2 aromatic heterocycles. The molecule has 9 aromatic rings. The molecule has 0 saturated heterocycles. The molecular weight excluding hydrogens is 825 g/mol. The molecule has 0 aliphatic carbocycles. The first-order valence-corrected chi connectivity index (χ1v) is 17.3. The van der Waals surface area contributed by atoms with Gasteiger partial charge in [0.25, 0.3) is 0 Å². The van der Waals surface area contributed by atoms with Crippen LogP contribution in [0.2, 0.25) is 0 Å². The van der Waals surface area contributed by atoms with E-state index in [2.05, 4.69) is 140 Å². The van der Waals surface area contributed by atoms with Crippen LogP contribution in [0.1, 0.15) is 0 Å². The summed E-state index contributed by atoms with van der Waals surface area (Å²) in [5.74, 6) is 1.77. The summed E-state index contributed by atoms with van der Waals surface area (Å²) in [5.41, 5.74) is 11.0. The van der Waals surface area contributed by atoms with E-state index in [-0.39, 0.29) is 20.1 Å². The van der Waals surface area contributed by atoms with Crippen LogP contribution in [0.5, 0.6) is 0 Å². The molecule has 0 N–H and O–H groups in total. The molecule has 7 aromatic carbocycles. The van der Waals surface area contributed by atoms with Crippen molar-refractivity contribution in [2.75, 3.05) is 0 Å². The second kappa shape index (κ2) is 15.1. The molecule has 0 aliphatic rings. The predicted molar refractivity (Wildman–Crippen MR) is 212 cm³/mol. The molecule has 0 saturated carbocycles. The Kier molecular flexibility index (Phi) is 9.59. The Morgan fingerprint density at radius 3 is 1.53 bits per heavy atom. The van der Waals surface area contributed by atoms with Gasteiger partial charge in [-0.25, -0.2) is 15.0 Å². The molecule has 253 valence electrons. The van der Waals surface area contributed by atoms with Crippen molar-refractivity contribution in [3.8, 4) is 78.8 Å². The van der Waals surface area contributed by atoms with Gasteiger partial charge in [0, 0.05) is 37.4 Å². The molecule has 1 radical (unpaired) electrons. The maximum Gasteiger partial charge on any atom is 0.164 e. The summed E-state index contributed by atoms with van der Waals surface area (Å²) < 4.78 is 0. The fourth-order valence-corrected chi connectivity index (χ4v) is 6.64. The monoisotopic (exact) mass is 856 g/mol. The summed E-state index contributed by atoms with van der Waals surface area (Å²) in [4.78, 5) is 20.4. The van der Waals surface area contributed by atoms with Crippen molar-refractivity contribution >= 4 is 10.8 Å². The molecule has 0 aliphatic heterocycles. The third kappa shape index (κ3) is 7.09. The van der Waals surface area contributed by atoms with Crippen molar-refractivity contribution in [2.45, 2.75) is 0 Å². The van der Waals surface area contributed by atoms with Crippen LogP contribution in [0.25, 0.3) is 89.6 Å². The average molecular weight is 856 g/mol. The smallest absolute Gasteiger partial charge is 0.164 e. The number of fused-ring (bicyclic) bond motifs is 1. The number of aromatic nitrogens is 4. The molecular formula is C48H31IrN4-. The third-order valence-corrected chi connectivity index (χ3v) is 9.26. The minimum atomic E-state index is 0. The first-order valence-electron chi connectivity index (χ1n) is 17.3. The van der Waals surface area contributed by atoms with Gasteiger partial charge in [-0.2, -0.15) is 0 Å². The van der Waals surface area contributed by atoms with Crippen LogP contribution in [0.3, 0.4) is 0 Å². The van der Waals surface area contributed by atoms with Crippen molar-refractivity contribution in [1.82, 2.24) is 19.9 Å². The van der Waals surface area contributed by atoms with Crippen LogP contribution < -0.4 is 0 Å². The van der Waals surface area contributed by atoms with E-state index >= 15 is 0 Å². The summed E-state index contributed by atoms with van der Waals surface area (Å²) in [6.07, 6.45) is 1.91. The molecule has 2 heterocycles. The molecule has 5 heteroatoms. The minimum Gasteiger partial charge on any atom is -0.304 e. The zero-order chi connectivity index (χ0) is 34.7. The summed E-state index contributed by atoms with van der Waals surface area (Å²) in [7, 11) is 0. The molecule has 53 heavy (non-hydrogen) atoms. The number of hydrogen-bond acceptors (Lipinski definition) is 4. The van der Waals surface area contributed by atoms with Crippen LogP contribution in [0.4, 0.5) is 0 Å². The van der Waals surface area contributed by atoms with E-state index < -0.39 is 0 Å². The largest absolute Gasteiger partial charge is 0.304 e. The van der Waals surface area contributed by atoms with Crippen molar-refractivity contribution in [3.63, 3.8) is 0 Å². The Labute approximate surface area is 322 Å². The van der Waals surface area contributed by atoms with Crippen molar-refractivity contribution < 1.29 is 20.1 Å². The van der Waals surface area contributed by atoms with E-state index in [0.717, 1.165) is 72.1 Å². The number of nitrogens with zero attached hydrogens (tertiary/aromatic N) is 4. The molecule has 0 amide bonds. The predicted octanol–water partition coefficient (Wildman–Crippen LogP) is 11.9. The SMILES string of the molecule is [Ir].[c-]1ccc(-c2nc(-c3cc(-c4ccccc4)cc(-c4ccccc4)c3)nc(-c3ccccc3-c3ccccc3)n2)cc1-c1cc2ccccc2cn1. The van der Waals surface area contributed by atoms with E-state index in [0.29, 0.717) is 17.5 Å². The summed E-state index contributed by atoms with van der Waals surface area (Å²) in [5, 5.41) is 2.22. The van der Waals surface area contributed by atoms with Gasteiger partial charge in [0.1, 0.15) is 5.82 Å². The molecule has 0 atom stereocenters. The first-order chi connectivity index (χ1) is 25.7. The van der Waals surface area contributed by atoms with Gasteiger partial charge in [-0.05, 0) is 68.0 Å². The van der Waals surface area contributed by atoms with Gasteiger partial charge in [0.2, 0.25) is 0 Å². The van der Waals surface area contributed by atoms with Crippen LogP contribution in [-0.2, 0) is 20.1 Å². The Bertz CT molecular complexity index is 2620. The molecule has 9 rings (SSSR count).